The van der Waals surface area contributed by atoms with E-state index in [4.69, 9.17) is 11.6 Å². The average molecular weight is 224 g/mol. The number of halogens is 2. The maximum Gasteiger partial charge on any atom is 0.330 e. The summed E-state index contributed by atoms with van der Waals surface area (Å²) in [4.78, 5) is 14.3. The van der Waals surface area contributed by atoms with Crippen LogP contribution in [0.25, 0.3) is 6.08 Å². The molecule has 1 heterocycles. The van der Waals surface area contributed by atoms with E-state index < -0.39 is 5.97 Å². The Bertz CT molecular complexity index is 311. The molecule has 5 nitrogen and oxygen atoms in total. The molecule has 0 saturated carbocycles. The number of rotatable bonds is 2. The summed E-state index contributed by atoms with van der Waals surface area (Å²) in [5.41, 5.74) is 0. The number of aromatic nitrogens is 3. The fraction of sp³-hybridized carbons (Fsp3) is 0.167. The van der Waals surface area contributed by atoms with Gasteiger partial charge in [0.2, 0.25) is 5.28 Å². The third-order valence-corrected chi connectivity index (χ3v) is 1.21. The Hall–Kier alpha value is -1.07. The highest BCUT2D eigenvalue weighted by Crippen LogP contribution is 2.00. The number of aromatic amines is 1. The number of carbonyl (C=O) groups is 1. The van der Waals surface area contributed by atoms with Crippen molar-refractivity contribution in [2.45, 2.75) is 0 Å². The Balaban J connectivity index is 0.00000144. The fourth-order valence-corrected chi connectivity index (χ4v) is 0.668. The molecule has 0 atom stereocenters. The number of methoxy groups -OCH3 is 1. The summed E-state index contributed by atoms with van der Waals surface area (Å²) in [5, 5.41) is 6.25. The second-order valence-corrected chi connectivity index (χ2v) is 2.20. The molecule has 0 saturated heterocycles. The van der Waals surface area contributed by atoms with Crippen LogP contribution in [0.4, 0.5) is 0 Å². The first kappa shape index (κ1) is 11.9. The van der Waals surface area contributed by atoms with Crippen LogP contribution in [0.1, 0.15) is 5.82 Å². The van der Waals surface area contributed by atoms with Gasteiger partial charge in [-0.2, -0.15) is 10.1 Å². The van der Waals surface area contributed by atoms with Crippen molar-refractivity contribution in [1.82, 2.24) is 15.2 Å². The van der Waals surface area contributed by atoms with Gasteiger partial charge in [0.25, 0.3) is 0 Å². The molecule has 1 aromatic rings. The molecule has 0 spiro atoms. The summed E-state index contributed by atoms with van der Waals surface area (Å²) < 4.78 is 4.35. The predicted octanol–water partition coefficient (Wildman–Crippen LogP) is 1.07. The number of nitrogens with zero attached hydrogens (tertiary/aromatic N) is 2. The summed E-state index contributed by atoms with van der Waals surface area (Å²) in [6, 6.07) is 0. The van der Waals surface area contributed by atoms with Gasteiger partial charge in [0.1, 0.15) is 0 Å². The summed E-state index contributed by atoms with van der Waals surface area (Å²) in [6.07, 6.45) is 2.60. The van der Waals surface area contributed by atoms with Crippen LogP contribution >= 0.6 is 24.0 Å². The summed E-state index contributed by atoms with van der Waals surface area (Å²) in [7, 11) is 1.29. The minimum Gasteiger partial charge on any atom is -0.466 e. The van der Waals surface area contributed by atoms with E-state index >= 15 is 0 Å². The maximum absolute atomic E-state index is 10.6. The van der Waals surface area contributed by atoms with Crippen LogP contribution in [0.5, 0.6) is 0 Å². The molecule has 0 bridgehead atoms. The van der Waals surface area contributed by atoms with E-state index in [1.165, 1.54) is 19.3 Å². The molecule has 0 amide bonds. The van der Waals surface area contributed by atoms with Crippen molar-refractivity contribution < 1.29 is 9.53 Å². The van der Waals surface area contributed by atoms with E-state index in [1.54, 1.807) is 0 Å². The van der Waals surface area contributed by atoms with Gasteiger partial charge in [-0.3, -0.25) is 0 Å². The number of H-pyrrole nitrogens is 1. The summed E-state index contributed by atoms with van der Waals surface area (Å²) >= 11 is 5.43. The molecule has 1 N–H and O–H groups in total. The number of nitrogens with one attached hydrogen (secondary N) is 1. The first-order valence-electron chi connectivity index (χ1n) is 3.06. The molecule has 0 aromatic carbocycles. The van der Waals surface area contributed by atoms with Crippen molar-refractivity contribution in [2.24, 2.45) is 0 Å². The van der Waals surface area contributed by atoms with Crippen LogP contribution in [-0.2, 0) is 9.53 Å². The zero-order valence-electron chi connectivity index (χ0n) is 6.65. The molecule has 72 valence electrons. The highest BCUT2D eigenvalue weighted by atomic mass is 35.5. The topological polar surface area (TPSA) is 67.9 Å². The highest BCUT2D eigenvalue weighted by Gasteiger charge is 1.96. The maximum atomic E-state index is 10.6. The molecule has 0 radical (unpaired) electrons. The van der Waals surface area contributed by atoms with Gasteiger partial charge in [-0.15, -0.1) is 12.4 Å². The lowest BCUT2D eigenvalue weighted by Gasteiger charge is -1.86. The average Bonchev–Trinajstić information content (AvgIpc) is 2.47. The smallest absolute Gasteiger partial charge is 0.330 e. The molecule has 0 fully saturated rings. The third-order valence-electron chi connectivity index (χ3n) is 1.05. The van der Waals surface area contributed by atoms with Crippen LogP contribution < -0.4 is 0 Å². The molecule has 7 heteroatoms. The number of hydrogen-bond acceptors (Lipinski definition) is 4. The van der Waals surface area contributed by atoms with Gasteiger partial charge in [0.15, 0.2) is 5.82 Å². The summed E-state index contributed by atoms with van der Waals surface area (Å²) in [6.45, 7) is 0. The van der Waals surface area contributed by atoms with Crippen LogP contribution in [0.3, 0.4) is 0 Å². The Morgan fingerprint density at radius 1 is 1.69 bits per heavy atom. The molecule has 1 rings (SSSR count). The van der Waals surface area contributed by atoms with Crippen molar-refractivity contribution in [3.8, 4) is 0 Å². The largest absolute Gasteiger partial charge is 0.466 e. The van der Waals surface area contributed by atoms with Crippen LogP contribution in [0, 0.1) is 0 Å². The Labute approximate surface area is 85.5 Å². The minimum absolute atomic E-state index is 0. The number of ether oxygens (including phenoxy) is 1. The van der Waals surface area contributed by atoms with Gasteiger partial charge in [-0.1, -0.05) is 0 Å². The van der Waals surface area contributed by atoms with E-state index in [9.17, 15) is 4.79 Å². The van der Waals surface area contributed by atoms with Gasteiger partial charge in [-0.25, -0.2) is 9.89 Å². The highest BCUT2D eigenvalue weighted by molar-refractivity contribution is 6.28. The van der Waals surface area contributed by atoms with Gasteiger partial charge < -0.3 is 4.74 Å². The lowest BCUT2D eigenvalue weighted by atomic mass is 10.5. The number of esters is 1. The molecule has 0 aliphatic rings. The van der Waals surface area contributed by atoms with E-state index in [0.29, 0.717) is 5.82 Å². The van der Waals surface area contributed by atoms with Crippen LogP contribution in [-0.4, -0.2) is 28.3 Å². The fourth-order valence-electron chi connectivity index (χ4n) is 0.539. The standard InChI is InChI=1S/C6H6ClN3O2.ClH/c1-12-5(11)3-2-4-8-6(7)10-9-4;/h2-3H,1H3,(H,8,9,10);1H. The SMILES string of the molecule is COC(=O)C=Cc1n[nH]c(Cl)n1.Cl. The molecular formula is C6H7Cl2N3O2. The second-order valence-electron chi connectivity index (χ2n) is 1.84. The molecule has 1 aromatic heterocycles. The third kappa shape index (κ3) is 3.91. The van der Waals surface area contributed by atoms with Gasteiger partial charge in [0.05, 0.1) is 7.11 Å². The Morgan fingerprint density at radius 2 is 2.38 bits per heavy atom. The predicted molar refractivity (Wildman–Crippen MR) is 49.7 cm³/mol. The first-order valence-corrected chi connectivity index (χ1v) is 3.44. The molecule has 0 unspecified atom stereocenters. The Kier molecular flexibility index (Phi) is 5.10. The van der Waals surface area contributed by atoms with E-state index in [0.717, 1.165) is 0 Å². The van der Waals surface area contributed by atoms with Crippen molar-refractivity contribution in [3.63, 3.8) is 0 Å². The normalized spacial score (nSPS) is 9.69. The zero-order valence-corrected chi connectivity index (χ0v) is 8.22. The van der Waals surface area contributed by atoms with Gasteiger partial charge >= 0.3 is 5.97 Å². The van der Waals surface area contributed by atoms with Crippen molar-refractivity contribution in [3.05, 3.63) is 17.2 Å². The molecule has 0 aliphatic heterocycles. The van der Waals surface area contributed by atoms with Gasteiger partial charge in [-0.05, 0) is 17.7 Å². The molecular weight excluding hydrogens is 217 g/mol. The second kappa shape index (κ2) is 5.55. The lowest BCUT2D eigenvalue weighted by molar-refractivity contribution is -0.134. The molecule has 0 aliphatic carbocycles. The van der Waals surface area contributed by atoms with Crippen molar-refractivity contribution in [1.29, 1.82) is 0 Å². The number of carbonyl (C=O) groups excluding carboxylic acids is 1. The zero-order chi connectivity index (χ0) is 8.97. The van der Waals surface area contributed by atoms with Crippen molar-refractivity contribution in [2.75, 3.05) is 7.11 Å². The van der Waals surface area contributed by atoms with E-state index in [2.05, 4.69) is 19.9 Å². The molecule has 13 heavy (non-hydrogen) atoms. The summed E-state index contributed by atoms with van der Waals surface area (Å²) in [5.74, 6) is -0.124. The van der Waals surface area contributed by atoms with Crippen LogP contribution in [0.15, 0.2) is 6.08 Å². The number of hydrogen-bond donors (Lipinski definition) is 1. The monoisotopic (exact) mass is 223 g/mol. The quantitative estimate of drug-likeness (QED) is 0.602. The van der Waals surface area contributed by atoms with E-state index in [1.807, 2.05) is 0 Å². The van der Waals surface area contributed by atoms with Crippen molar-refractivity contribution >= 4 is 36.1 Å². The van der Waals surface area contributed by atoms with Gasteiger partial charge in [0, 0.05) is 6.08 Å². The minimum atomic E-state index is -0.462. The van der Waals surface area contributed by atoms with Crippen LogP contribution in [0.2, 0.25) is 5.28 Å². The lowest BCUT2D eigenvalue weighted by Crippen LogP contribution is -1.93. The van der Waals surface area contributed by atoms with E-state index in [-0.39, 0.29) is 17.7 Å². The Morgan fingerprint density at radius 3 is 2.85 bits per heavy atom. The first-order chi connectivity index (χ1) is 5.72.